The SMILES string of the molecule is Nc1ccc(C(F)(F)F)cc1S(=O)(=O)C1CCCCC1. The molecule has 7 heteroatoms. The predicted molar refractivity (Wildman–Crippen MR) is 69.9 cm³/mol. The Morgan fingerprint density at radius 2 is 1.70 bits per heavy atom. The van der Waals surface area contributed by atoms with E-state index in [2.05, 4.69) is 0 Å². The molecule has 1 aromatic rings. The second-order valence-electron chi connectivity index (χ2n) is 5.06. The summed E-state index contributed by atoms with van der Waals surface area (Å²) in [6, 6.07) is 2.47. The van der Waals surface area contributed by atoms with Gasteiger partial charge in [-0.2, -0.15) is 13.2 Å². The monoisotopic (exact) mass is 307 g/mol. The van der Waals surface area contributed by atoms with Gasteiger partial charge in [0.05, 0.1) is 21.4 Å². The molecule has 0 amide bonds. The van der Waals surface area contributed by atoms with Crippen molar-refractivity contribution in [3.8, 4) is 0 Å². The maximum absolute atomic E-state index is 12.7. The van der Waals surface area contributed by atoms with Crippen LogP contribution < -0.4 is 5.73 Å². The fourth-order valence-electron chi connectivity index (χ4n) is 2.51. The molecule has 1 aliphatic carbocycles. The molecule has 0 aliphatic heterocycles. The minimum absolute atomic E-state index is 0.122. The Kier molecular flexibility index (Phi) is 4.00. The van der Waals surface area contributed by atoms with Crippen LogP contribution in [0.5, 0.6) is 0 Å². The standard InChI is InChI=1S/C13H16F3NO2S/c14-13(15,16)9-6-7-11(17)12(8-9)20(18,19)10-4-2-1-3-5-10/h6-8,10H,1-5,17H2. The quantitative estimate of drug-likeness (QED) is 0.852. The van der Waals surface area contributed by atoms with Crippen LogP contribution in [0.15, 0.2) is 23.1 Å². The van der Waals surface area contributed by atoms with Crippen LogP contribution in [0.3, 0.4) is 0 Å². The van der Waals surface area contributed by atoms with Gasteiger partial charge in [-0.25, -0.2) is 8.42 Å². The number of hydrogen-bond donors (Lipinski definition) is 1. The summed E-state index contributed by atoms with van der Waals surface area (Å²) < 4.78 is 63.0. The van der Waals surface area contributed by atoms with Crippen molar-refractivity contribution >= 4 is 15.5 Å². The van der Waals surface area contributed by atoms with Gasteiger partial charge >= 0.3 is 6.18 Å². The van der Waals surface area contributed by atoms with Crippen molar-refractivity contribution in [1.29, 1.82) is 0 Å². The van der Waals surface area contributed by atoms with Crippen molar-refractivity contribution in [3.63, 3.8) is 0 Å². The summed E-state index contributed by atoms with van der Waals surface area (Å²) in [5, 5.41) is -0.623. The molecule has 0 bridgehead atoms. The van der Waals surface area contributed by atoms with Gasteiger partial charge in [0, 0.05) is 0 Å². The number of sulfone groups is 1. The Morgan fingerprint density at radius 3 is 2.25 bits per heavy atom. The van der Waals surface area contributed by atoms with Crippen molar-refractivity contribution < 1.29 is 21.6 Å². The fraction of sp³-hybridized carbons (Fsp3) is 0.538. The van der Waals surface area contributed by atoms with E-state index < -0.39 is 26.8 Å². The van der Waals surface area contributed by atoms with E-state index in [0.29, 0.717) is 18.9 Å². The Morgan fingerprint density at radius 1 is 1.10 bits per heavy atom. The smallest absolute Gasteiger partial charge is 0.398 e. The number of nitrogens with two attached hydrogens (primary N) is 1. The van der Waals surface area contributed by atoms with Gasteiger partial charge in [0.25, 0.3) is 0 Å². The molecule has 0 heterocycles. The van der Waals surface area contributed by atoms with Crippen LogP contribution in [-0.4, -0.2) is 13.7 Å². The summed E-state index contributed by atoms with van der Waals surface area (Å²) in [5.74, 6) is 0. The summed E-state index contributed by atoms with van der Waals surface area (Å²) in [5.41, 5.74) is 4.47. The summed E-state index contributed by atoms with van der Waals surface area (Å²) in [6.45, 7) is 0. The first-order valence-electron chi connectivity index (χ1n) is 6.43. The molecule has 112 valence electrons. The largest absolute Gasteiger partial charge is 0.416 e. The second-order valence-corrected chi connectivity index (χ2v) is 7.25. The lowest BCUT2D eigenvalue weighted by atomic mass is 10.0. The van der Waals surface area contributed by atoms with Crippen molar-refractivity contribution in [2.75, 3.05) is 5.73 Å². The number of halogens is 3. The fourth-order valence-corrected chi connectivity index (χ4v) is 4.51. The molecule has 2 N–H and O–H groups in total. The summed E-state index contributed by atoms with van der Waals surface area (Å²) >= 11 is 0. The first kappa shape index (κ1) is 15.2. The molecule has 1 aliphatic rings. The van der Waals surface area contributed by atoms with Crippen LogP contribution in [0.1, 0.15) is 37.7 Å². The molecule has 2 rings (SSSR count). The van der Waals surface area contributed by atoms with Crippen molar-refractivity contribution in [1.82, 2.24) is 0 Å². The summed E-state index contributed by atoms with van der Waals surface area (Å²) in [4.78, 5) is -0.390. The van der Waals surface area contributed by atoms with E-state index in [0.717, 1.165) is 31.4 Å². The number of alkyl halides is 3. The van der Waals surface area contributed by atoms with E-state index in [1.165, 1.54) is 0 Å². The van der Waals surface area contributed by atoms with E-state index in [1.54, 1.807) is 0 Å². The van der Waals surface area contributed by atoms with Crippen molar-refractivity contribution in [3.05, 3.63) is 23.8 Å². The lowest BCUT2D eigenvalue weighted by Crippen LogP contribution is -2.25. The number of rotatable bonds is 2. The molecule has 1 fully saturated rings. The lowest BCUT2D eigenvalue weighted by Gasteiger charge is -2.23. The van der Waals surface area contributed by atoms with Crippen molar-refractivity contribution in [2.24, 2.45) is 0 Å². The molecule has 0 spiro atoms. The maximum Gasteiger partial charge on any atom is 0.416 e. The molecular weight excluding hydrogens is 291 g/mol. The Balaban J connectivity index is 2.45. The van der Waals surface area contributed by atoms with E-state index in [1.807, 2.05) is 0 Å². The molecular formula is C13H16F3NO2S. The number of anilines is 1. The van der Waals surface area contributed by atoms with Gasteiger partial charge in [0.2, 0.25) is 0 Å². The van der Waals surface area contributed by atoms with Gasteiger partial charge in [-0.1, -0.05) is 19.3 Å². The molecule has 20 heavy (non-hydrogen) atoms. The van der Waals surface area contributed by atoms with Crippen LogP contribution >= 0.6 is 0 Å². The molecule has 0 saturated heterocycles. The second kappa shape index (κ2) is 5.27. The summed E-state index contributed by atoms with van der Waals surface area (Å²) in [7, 11) is -3.80. The third-order valence-corrected chi connectivity index (χ3v) is 5.95. The van der Waals surface area contributed by atoms with Crippen LogP contribution in [0.4, 0.5) is 18.9 Å². The van der Waals surface area contributed by atoms with Gasteiger partial charge in [-0.3, -0.25) is 0 Å². The Bertz CT molecular complexity index is 590. The van der Waals surface area contributed by atoms with E-state index in [-0.39, 0.29) is 10.6 Å². The molecule has 1 saturated carbocycles. The maximum atomic E-state index is 12.7. The average Bonchev–Trinajstić information content (AvgIpc) is 2.38. The predicted octanol–water partition coefficient (Wildman–Crippen LogP) is 3.39. The van der Waals surface area contributed by atoms with Crippen LogP contribution in [-0.2, 0) is 16.0 Å². The van der Waals surface area contributed by atoms with Gasteiger partial charge < -0.3 is 5.73 Å². The summed E-state index contributed by atoms with van der Waals surface area (Å²) in [6.07, 6.45) is -1.09. The Labute approximate surface area is 115 Å². The molecule has 0 radical (unpaired) electrons. The van der Waals surface area contributed by atoms with Crippen molar-refractivity contribution in [2.45, 2.75) is 48.4 Å². The molecule has 1 aromatic carbocycles. The average molecular weight is 307 g/mol. The van der Waals surface area contributed by atoms with Gasteiger partial charge in [0.15, 0.2) is 9.84 Å². The zero-order valence-corrected chi connectivity index (χ0v) is 11.6. The zero-order chi connectivity index (χ0) is 15.0. The van der Waals surface area contributed by atoms with E-state index >= 15 is 0 Å². The first-order valence-corrected chi connectivity index (χ1v) is 7.98. The van der Waals surface area contributed by atoms with E-state index in [4.69, 9.17) is 5.73 Å². The highest BCUT2D eigenvalue weighted by Crippen LogP contribution is 2.36. The molecule has 0 unspecified atom stereocenters. The van der Waals surface area contributed by atoms with Gasteiger partial charge in [-0.15, -0.1) is 0 Å². The third-order valence-electron chi connectivity index (χ3n) is 3.64. The highest BCUT2D eigenvalue weighted by Gasteiger charge is 2.35. The lowest BCUT2D eigenvalue weighted by molar-refractivity contribution is -0.137. The normalized spacial score (nSPS) is 18.1. The van der Waals surface area contributed by atoms with E-state index in [9.17, 15) is 21.6 Å². The highest BCUT2D eigenvalue weighted by molar-refractivity contribution is 7.92. The van der Waals surface area contributed by atoms with Crippen LogP contribution in [0.25, 0.3) is 0 Å². The minimum atomic E-state index is -4.58. The minimum Gasteiger partial charge on any atom is -0.398 e. The first-order chi connectivity index (χ1) is 9.23. The van der Waals surface area contributed by atoms with Crippen LogP contribution in [0.2, 0.25) is 0 Å². The van der Waals surface area contributed by atoms with Gasteiger partial charge in [0.1, 0.15) is 0 Å². The molecule has 0 atom stereocenters. The third kappa shape index (κ3) is 2.92. The highest BCUT2D eigenvalue weighted by atomic mass is 32.2. The van der Waals surface area contributed by atoms with Gasteiger partial charge in [-0.05, 0) is 31.0 Å². The zero-order valence-electron chi connectivity index (χ0n) is 10.8. The molecule has 0 aromatic heterocycles. The molecule has 3 nitrogen and oxygen atoms in total. The number of nitrogen functional groups attached to an aromatic ring is 1. The topological polar surface area (TPSA) is 60.2 Å². The Hall–Kier alpha value is -1.24. The van der Waals surface area contributed by atoms with Crippen LogP contribution in [0, 0.1) is 0 Å². The number of hydrogen-bond acceptors (Lipinski definition) is 3. The number of benzene rings is 1.